The number of rotatable bonds is 5. The zero-order valence-corrected chi connectivity index (χ0v) is 11.7. The van der Waals surface area contributed by atoms with Crippen molar-refractivity contribution in [3.05, 3.63) is 65.7 Å². The SMILES string of the molecule is CNCc1oc2ccccc2c1COc1cccc(F)c1. The van der Waals surface area contributed by atoms with E-state index in [1.54, 1.807) is 12.1 Å². The van der Waals surface area contributed by atoms with Crippen LogP contribution in [0.4, 0.5) is 4.39 Å². The van der Waals surface area contributed by atoms with Gasteiger partial charge < -0.3 is 14.5 Å². The molecule has 3 aromatic rings. The normalized spacial score (nSPS) is 11.0. The molecule has 3 nitrogen and oxygen atoms in total. The van der Waals surface area contributed by atoms with Crippen molar-refractivity contribution >= 4 is 11.0 Å². The molecule has 0 radical (unpaired) electrons. The fraction of sp³-hybridized carbons (Fsp3) is 0.176. The zero-order valence-electron chi connectivity index (χ0n) is 11.7. The molecule has 0 saturated carbocycles. The van der Waals surface area contributed by atoms with Crippen LogP contribution in [-0.2, 0) is 13.2 Å². The van der Waals surface area contributed by atoms with E-state index in [0.717, 1.165) is 22.3 Å². The topological polar surface area (TPSA) is 34.4 Å². The third-order valence-corrected chi connectivity index (χ3v) is 3.30. The predicted octanol–water partition coefficient (Wildman–Crippen LogP) is 3.87. The molecule has 0 aliphatic carbocycles. The molecule has 2 aromatic carbocycles. The van der Waals surface area contributed by atoms with E-state index in [1.807, 2.05) is 31.3 Å². The number of ether oxygens (including phenoxy) is 1. The van der Waals surface area contributed by atoms with Crippen LogP contribution in [-0.4, -0.2) is 7.05 Å². The standard InChI is InChI=1S/C17H16FNO2/c1-19-10-17-15(14-7-2-3-8-16(14)21-17)11-20-13-6-4-5-12(18)9-13/h2-9,19H,10-11H2,1H3. The van der Waals surface area contributed by atoms with Crippen molar-refractivity contribution in [2.75, 3.05) is 7.05 Å². The van der Waals surface area contributed by atoms with Gasteiger partial charge in [-0.1, -0.05) is 24.3 Å². The van der Waals surface area contributed by atoms with E-state index >= 15 is 0 Å². The highest BCUT2D eigenvalue weighted by molar-refractivity contribution is 5.82. The van der Waals surface area contributed by atoms with Crippen LogP contribution >= 0.6 is 0 Å². The Morgan fingerprint density at radius 1 is 1.14 bits per heavy atom. The first-order valence-corrected chi connectivity index (χ1v) is 6.80. The second-order valence-electron chi connectivity index (χ2n) is 4.78. The van der Waals surface area contributed by atoms with Crippen LogP contribution in [0.25, 0.3) is 11.0 Å². The molecule has 21 heavy (non-hydrogen) atoms. The summed E-state index contributed by atoms with van der Waals surface area (Å²) >= 11 is 0. The van der Waals surface area contributed by atoms with Crippen molar-refractivity contribution in [2.45, 2.75) is 13.2 Å². The van der Waals surface area contributed by atoms with Crippen molar-refractivity contribution < 1.29 is 13.5 Å². The van der Waals surface area contributed by atoms with Crippen LogP contribution < -0.4 is 10.1 Å². The largest absolute Gasteiger partial charge is 0.489 e. The van der Waals surface area contributed by atoms with Crippen LogP contribution in [0.3, 0.4) is 0 Å². The molecule has 1 N–H and O–H groups in total. The first kappa shape index (κ1) is 13.6. The van der Waals surface area contributed by atoms with E-state index in [1.165, 1.54) is 12.1 Å². The van der Waals surface area contributed by atoms with Gasteiger partial charge in [0.2, 0.25) is 0 Å². The van der Waals surface area contributed by atoms with Crippen LogP contribution in [0.5, 0.6) is 5.75 Å². The Balaban J connectivity index is 1.89. The van der Waals surface area contributed by atoms with E-state index in [2.05, 4.69) is 5.32 Å². The second-order valence-corrected chi connectivity index (χ2v) is 4.78. The molecule has 0 spiro atoms. The molecule has 1 heterocycles. The van der Waals surface area contributed by atoms with Gasteiger partial charge in [0, 0.05) is 17.0 Å². The monoisotopic (exact) mass is 285 g/mol. The lowest BCUT2D eigenvalue weighted by atomic mass is 10.1. The van der Waals surface area contributed by atoms with E-state index in [0.29, 0.717) is 18.9 Å². The van der Waals surface area contributed by atoms with Crippen molar-refractivity contribution in [3.63, 3.8) is 0 Å². The van der Waals surface area contributed by atoms with Crippen LogP contribution in [0.2, 0.25) is 0 Å². The summed E-state index contributed by atoms with van der Waals surface area (Å²) in [6.45, 7) is 0.966. The van der Waals surface area contributed by atoms with E-state index in [9.17, 15) is 4.39 Å². The first-order chi connectivity index (χ1) is 10.3. The van der Waals surface area contributed by atoms with Gasteiger partial charge in [-0.05, 0) is 25.2 Å². The van der Waals surface area contributed by atoms with Gasteiger partial charge in [0.25, 0.3) is 0 Å². The number of para-hydroxylation sites is 1. The second kappa shape index (κ2) is 5.97. The van der Waals surface area contributed by atoms with E-state index in [4.69, 9.17) is 9.15 Å². The van der Waals surface area contributed by atoms with Crippen molar-refractivity contribution in [3.8, 4) is 5.75 Å². The average molecular weight is 285 g/mol. The summed E-state index contributed by atoms with van der Waals surface area (Å²) in [6, 6.07) is 14.0. The minimum atomic E-state index is -0.306. The summed E-state index contributed by atoms with van der Waals surface area (Å²) in [5.41, 5.74) is 1.82. The van der Waals surface area contributed by atoms with Crippen molar-refractivity contribution in [1.29, 1.82) is 0 Å². The maximum atomic E-state index is 13.2. The first-order valence-electron chi connectivity index (χ1n) is 6.80. The Kier molecular flexibility index (Phi) is 3.88. The molecule has 0 atom stereocenters. The Labute approximate surface area is 122 Å². The van der Waals surface area contributed by atoms with Crippen LogP contribution in [0, 0.1) is 5.82 Å². The maximum Gasteiger partial charge on any atom is 0.134 e. The lowest BCUT2D eigenvalue weighted by molar-refractivity contribution is 0.301. The fourth-order valence-electron chi connectivity index (χ4n) is 2.32. The van der Waals surface area contributed by atoms with Gasteiger partial charge in [-0.15, -0.1) is 0 Å². The number of fused-ring (bicyclic) bond motifs is 1. The highest BCUT2D eigenvalue weighted by Crippen LogP contribution is 2.27. The van der Waals surface area contributed by atoms with Crippen LogP contribution in [0.1, 0.15) is 11.3 Å². The molecule has 4 heteroatoms. The number of hydrogen-bond acceptors (Lipinski definition) is 3. The molecule has 0 unspecified atom stereocenters. The van der Waals surface area contributed by atoms with Gasteiger partial charge in [-0.25, -0.2) is 4.39 Å². The molecule has 0 amide bonds. The van der Waals surface area contributed by atoms with Gasteiger partial charge >= 0.3 is 0 Å². The number of benzene rings is 2. The van der Waals surface area contributed by atoms with Gasteiger partial charge in [0.1, 0.15) is 29.5 Å². The fourth-order valence-corrected chi connectivity index (χ4v) is 2.32. The van der Waals surface area contributed by atoms with Crippen LogP contribution in [0.15, 0.2) is 52.9 Å². The summed E-state index contributed by atoms with van der Waals surface area (Å²) in [4.78, 5) is 0. The van der Waals surface area contributed by atoms with Gasteiger partial charge in [-0.2, -0.15) is 0 Å². The van der Waals surface area contributed by atoms with E-state index in [-0.39, 0.29) is 5.82 Å². The molecule has 0 bridgehead atoms. The van der Waals surface area contributed by atoms with Crippen molar-refractivity contribution in [1.82, 2.24) is 5.32 Å². The molecule has 1 aromatic heterocycles. The average Bonchev–Trinajstić information content (AvgIpc) is 2.83. The number of furan rings is 1. The smallest absolute Gasteiger partial charge is 0.134 e. The summed E-state index contributed by atoms with van der Waals surface area (Å²) in [5, 5.41) is 4.11. The minimum Gasteiger partial charge on any atom is -0.489 e. The third kappa shape index (κ3) is 2.90. The molecule has 0 aliphatic rings. The Morgan fingerprint density at radius 3 is 2.81 bits per heavy atom. The maximum absolute atomic E-state index is 13.2. The summed E-state index contributed by atoms with van der Waals surface area (Å²) in [7, 11) is 1.87. The molecular weight excluding hydrogens is 269 g/mol. The molecule has 0 fully saturated rings. The Hall–Kier alpha value is -2.33. The molecule has 3 rings (SSSR count). The molecule has 108 valence electrons. The molecule has 0 aliphatic heterocycles. The number of halogens is 1. The summed E-state index contributed by atoms with van der Waals surface area (Å²) < 4.78 is 24.7. The summed E-state index contributed by atoms with van der Waals surface area (Å²) in [5.74, 6) is 1.05. The Morgan fingerprint density at radius 2 is 2.00 bits per heavy atom. The highest BCUT2D eigenvalue weighted by Gasteiger charge is 2.13. The number of nitrogens with one attached hydrogen (secondary N) is 1. The highest BCUT2D eigenvalue weighted by atomic mass is 19.1. The lowest BCUT2D eigenvalue weighted by Gasteiger charge is -2.07. The Bertz CT molecular complexity index is 751. The van der Waals surface area contributed by atoms with E-state index < -0.39 is 0 Å². The zero-order chi connectivity index (χ0) is 14.7. The predicted molar refractivity (Wildman–Crippen MR) is 79.7 cm³/mol. The van der Waals surface area contributed by atoms with Gasteiger partial charge in [0.05, 0.1) is 6.54 Å². The minimum absolute atomic E-state index is 0.306. The van der Waals surface area contributed by atoms with Crippen molar-refractivity contribution in [2.24, 2.45) is 0 Å². The third-order valence-electron chi connectivity index (χ3n) is 3.30. The molecule has 0 saturated heterocycles. The number of hydrogen-bond donors (Lipinski definition) is 1. The van der Waals surface area contributed by atoms with Gasteiger partial charge in [-0.3, -0.25) is 0 Å². The summed E-state index contributed by atoms with van der Waals surface area (Å²) in [6.07, 6.45) is 0. The quantitative estimate of drug-likeness (QED) is 0.772. The molecular formula is C17H16FNO2. The lowest BCUT2D eigenvalue weighted by Crippen LogP contribution is -2.07. The van der Waals surface area contributed by atoms with Gasteiger partial charge in [0.15, 0.2) is 0 Å².